The van der Waals surface area contributed by atoms with Gasteiger partial charge in [-0.3, -0.25) is 9.32 Å². The average molecular weight is 428 g/mol. The number of halogens is 3. The van der Waals surface area contributed by atoms with E-state index >= 15 is 0 Å². The van der Waals surface area contributed by atoms with Crippen LogP contribution in [0.5, 0.6) is 0 Å². The lowest BCUT2D eigenvalue weighted by molar-refractivity contribution is -0.122. The molecule has 0 radical (unpaired) electrons. The van der Waals surface area contributed by atoms with E-state index in [1.54, 1.807) is 0 Å². The molecule has 7 nitrogen and oxygen atoms in total. The van der Waals surface area contributed by atoms with Crippen molar-refractivity contribution in [2.75, 3.05) is 6.61 Å². The summed E-state index contributed by atoms with van der Waals surface area (Å²) in [5, 5.41) is 2.29. The van der Waals surface area contributed by atoms with Gasteiger partial charge in [0.05, 0.1) is 12.2 Å². The average Bonchev–Trinajstić information content (AvgIpc) is 2.58. The molecule has 0 aliphatic heterocycles. The topological polar surface area (TPSA) is 122 Å². The molecule has 0 spiro atoms. The maximum Gasteiger partial charge on any atom is 0.469 e. The lowest BCUT2D eigenvalue weighted by Gasteiger charge is -2.23. The quantitative estimate of drug-likeness (QED) is 0.295. The summed E-state index contributed by atoms with van der Waals surface area (Å²) in [7, 11) is -4.79. The summed E-state index contributed by atoms with van der Waals surface area (Å²) < 4.78 is 55.0. The molecule has 0 unspecified atom stereocenters. The van der Waals surface area contributed by atoms with E-state index in [0.717, 1.165) is 31.8 Å². The zero-order valence-corrected chi connectivity index (χ0v) is 16.7. The van der Waals surface area contributed by atoms with Gasteiger partial charge in [-0.25, -0.2) is 4.57 Å². The molecule has 1 aliphatic carbocycles. The molecule has 1 atom stereocenters. The van der Waals surface area contributed by atoms with Gasteiger partial charge in [-0.2, -0.15) is 13.2 Å². The Morgan fingerprint density at radius 2 is 1.93 bits per heavy atom. The molecule has 5 N–H and O–H groups in total. The van der Waals surface area contributed by atoms with Crippen LogP contribution in [0.3, 0.4) is 0 Å². The third kappa shape index (κ3) is 9.34. The summed E-state index contributed by atoms with van der Waals surface area (Å²) in [5.41, 5.74) is 5.11. The highest BCUT2D eigenvalue weighted by Gasteiger charge is 2.36. The van der Waals surface area contributed by atoms with Crippen molar-refractivity contribution < 1.29 is 36.8 Å². The number of carbonyl (C=O) groups is 1. The van der Waals surface area contributed by atoms with Gasteiger partial charge in [0, 0.05) is 5.70 Å². The second-order valence-electron chi connectivity index (χ2n) is 6.73. The highest BCUT2D eigenvalue weighted by molar-refractivity contribution is 7.46. The van der Waals surface area contributed by atoms with Crippen molar-refractivity contribution in [1.29, 1.82) is 0 Å². The Labute approximate surface area is 162 Å². The number of phosphoric ester groups is 1. The van der Waals surface area contributed by atoms with Crippen LogP contribution < -0.4 is 11.1 Å². The van der Waals surface area contributed by atoms with Crippen LogP contribution in [0, 0.1) is 0 Å². The van der Waals surface area contributed by atoms with E-state index in [0.29, 0.717) is 18.4 Å². The Bertz CT molecular complexity index is 643. The van der Waals surface area contributed by atoms with Crippen molar-refractivity contribution in [2.45, 2.75) is 70.5 Å². The fourth-order valence-corrected chi connectivity index (χ4v) is 3.21. The number of rotatable bonds is 11. The molecule has 0 aromatic rings. The number of carbonyl (C=O) groups excluding carboxylic acids is 1. The summed E-state index contributed by atoms with van der Waals surface area (Å²) in [6.07, 6.45) is 1.85. The van der Waals surface area contributed by atoms with Gasteiger partial charge in [-0.05, 0) is 31.8 Å². The van der Waals surface area contributed by atoms with E-state index in [4.69, 9.17) is 15.5 Å². The summed E-state index contributed by atoms with van der Waals surface area (Å²) in [4.78, 5) is 29.1. The molecule has 0 saturated heterocycles. The van der Waals surface area contributed by atoms with Gasteiger partial charge in [0.1, 0.15) is 6.04 Å². The first kappa shape index (κ1) is 24.8. The summed E-state index contributed by atoms with van der Waals surface area (Å²) in [5.74, 6) is -0.871. The monoisotopic (exact) mass is 428 g/mol. The van der Waals surface area contributed by atoms with E-state index in [-0.39, 0.29) is 18.5 Å². The molecule has 0 heterocycles. The Morgan fingerprint density at radius 3 is 2.50 bits per heavy atom. The third-order valence-electron chi connectivity index (χ3n) is 4.33. The van der Waals surface area contributed by atoms with Crippen LogP contribution in [-0.2, 0) is 13.9 Å². The predicted octanol–water partition coefficient (Wildman–Crippen LogP) is 3.44. The minimum absolute atomic E-state index is 0.0682. The SMILES string of the molecule is CCCCCCCC1=C(C(F)(F)F)C=C(NC(=O)[C@@H](N)COP(=O)(O)O)CC1. The van der Waals surface area contributed by atoms with Crippen molar-refractivity contribution in [1.82, 2.24) is 5.32 Å². The van der Waals surface area contributed by atoms with Crippen molar-refractivity contribution in [2.24, 2.45) is 5.73 Å². The van der Waals surface area contributed by atoms with Crippen LogP contribution in [0.25, 0.3) is 0 Å². The molecular formula is C17H28F3N2O5P. The van der Waals surface area contributed by atoms with Gasteiger partial charge in [0.25, 0.3) is 0 Å². The van der Waals surface area contributed by atoms with Gasteiger partial charge in [-0.1, -0.05) is 38.2 Å². The van der Waals surface area contributed by atoms with Crippen LogP contribution in [0.15, 0.2) is 22.9 Å². The first-order valence-electron chi connectivity index (χ1n) is 9.20. The van der Waals surface area contributed by atoms with E-state index in [1.807, 2.05) is 0 Å². The summed E-state index contributed by atoms with van der Waals surface area (Å²) >= 11 is 0. The first-order valence-corrected chi connectivity index (χ1v) is 10.7. The predicted molar refractivity (Wildman–Crippen MR) is 97.9 cm³/mol. The van der Waals surface area contributed by atoms with E-state index in [2.05, 4.69) is 16.8 Å². The second kappa shape index (κ2) is 11.1. The van der Waals surface area contributed by atoms with Crippen molar-refractivity contribution in [3.05, 3.63) is 22.9 Å². The molecule has 0 aromatic carbocycles. The molecule has 162 valence electrons. The molecule has 0 fully saturated rings. The Morgan fingerprint density at radius 1 is 1.29 bits per heavy atom. The molecule has 1 aliphatic rings. The smallest absolute Gasteiger partial charge is 0.328 e. The number of nitrogens with two attached hydrogens (primary N) is 1. The van der Waals surface area contributed by atoms with E-state index in [9.17, 15) is 22.5 Å². The highest BCUT2D eigenvalue weighted by Crippen LogP contribution is 2.37. The fraction of sp³-hybridized carbons (Fsp3) is 0.706. The number of nitrogens with one attached hydrogen (secondary N) is 1. The van der Waals surface area contributed by atoms with Crippen LogP contribution in [0.2, 0.25) is 0 Å². The molecule has 0 bridgehead atoms. The Kier molecular flexibility index (Phi) is 9.86. The Hall–Kier alpha value is -1.19. The van der Waals surface area contributed by atoms with Crippen LogP contribution in [0.4, 0.5) is 13.2 Å². The minimum atomic E-state index is -4.79. The van der Waals surface area contributed by atoms with E-state index < -0.39 is 38.1 Å². The molecular weight excluding hydrogens is 400 g/mol. The van der Waals surface area contributed by atoms with Crippen LogP contribution in [-0.4, -0.2) is 34.5 Å². The van der Waals surface area contributed by atoms with Gasteiger partial charge in [0.2, 0.25) is 5.91 Å². The zero-order valence-electron chi connectivity index (χ0n) is 15.8. The van der Waals surface area contributed by atoms with Crippen molar-refractivity contribution >= 4 is 13.7 Å². The van der Waals surface area contributed by atoms with Crippen molar-refractivity contribution in [3.8, 4) is 0 Å². The summed E-state index contributed by atoms with van der Waals surface area (Å²) in [6, 6.07) is -1.42. The number of hydrogen-bond donors (Lipinski definition) is 4. The maximum absolute atomic E-state index is 13.4. The zero-order chi connectivity index (χ0) is 21.4. The summed E-state index contributed by atoms with van der Waals surface area (Å²) in [6.45, 7) is 1.31. The van der Waals surface area contributed by atoms with E-state index in [1.165, 1.54) is 0 Å². The van der Waals surface area contributed by atoms with Crippen molar-refractivity contribution in [3.63, 3.8) is 0 Å². The highest BCUT2D eigenvalue weighted by atomic mass is 31.2. The number of allylic oxidation sites excluding steroid dienone is 4. The fourth-order valence-electron chi connectivity index (χ4n) is 2.86. The second-order valence-corrected chi connectivity index (χ2v) is 7.97. The van der Waals surface area contributed by atoms with Gasteiger partial charge >= 0.3 is 14.0 Å². The number of alkyl halides is 3. The number of phosphoric acid groups is 1. The molecule has 11 heteroatoms. The molecule has 0 saturated carbocycles. The molecule has 1 rings (SSSR count). The maximum atomic E-state index is 13.4. The number of unbranched alkanes of at least 4 members (excludes halogenated alkanes) is 4. The van der Waals surface area contributed by atoms with Crippen LogP contribution >= 0.6 is 7.82 Å². The van der Waals surface area contributed by atoms with Gasteiger partial charge in [-0.15, -0.1) is 0 Å². The largest absolute Gasteiger partial charge is 0.469 e. The number of amides is 1. The van der Waals surface area contributed by atoms with Gasteiger partial charge in [0.15, 0.2) is 0 Å². The number of hydrogen-bond acceptors (Lipinski definition) is 4. The normalized spacial score (nSPS) is 16.8. The lowest BCUT2D eigenvalue weighted by Crippen LogP contribution is -2.43. The molecule has 1 amide bonds. The standard InChI is InChI=1S/C17H28F3N2O5P/c1-2-3-4-5-6-7-12-8-9-13(10-14(12)17(18,19)20)22-16(23)15(21)11-27-28(24,25)26/h10,15H,2-9,11,21H2,1H3,(H,22,23)(H2,24,25,26)/t15-/m0/s1. The first-order chi connectivity index (χ1) is 12.9. The Balaban J connectivity index is 2.75. The molecule has 0 aromatic heterocycles. The lowest BCUT2D eigenvalue weighted by atomic mass is 9.91. The van der Waals surface area contributed by atoms with Gasteiger partial charge < -0.3 is 20.8 Å². The third-order valence-corrected chi connectivity index (χ3v) is 4.81. The van der Waals surface area contributed by atoms with Crippen LogP contribution in [0.1, 0.15) is 58.3 Å². The molecule has 28 heavy (non-hydrogen) atoms. The minimum Gasteiger partial charge on any atom is -0.328 e.